The highest BCUT2D eigenvalue weighted by atomic mass is 16.2. The zero-order valence-corrected chi connectivity index (χ0v) is 15.3. The molecule has 0 unspecified atom stereocenters. The number of hydrogen-bond donors (Lipinski definition) is 2. The van der Waals surface area contributed by atoms with E-state index in [1.165, 1.54) is 11.1 Å². The Balaban J connectivity index is 1.57. The highest BCUT2D eigenvalue weighted by Gasteiger charge is 2.35. The van der Waals surface area contributed by atoms with Crippen LogP contribution in [0, 0.1) is 0 Å². The summed E-state index contributed by atoms with van der Waals surface area (Å²) in [5, 5.41) is 6.41. The monoisotopic (exact) mass is 349 g/mol. The van der Waals surface area contributed by atoms with E-state index in [1.807, 2.05) is 24.3 Å². The topological polar surface area (TPSA) is 44.4 Å². The van der Waals surface area contributed by atoms with Gasteiger partial charge < -0.3 is 10.6 Å². The molecular formula is C22H27N3O. The van der Waals surface area contributed by atoms with E-state index in [1.54, 1.807) is 7.05 Å². The zero-order valence-electron chi connectivity index (χ0n) is 15.3. The van der Waals surface area contributed by atoms with Crippen molar-refractivity contribution in [3.63, 3.8) is 0 Å². The van der Waals surface area contributed by atoms with Gasteiger partial charge in [0.05, 0.1) is 6.04 Å². The lowest BCUT2D eigenvalue weighted by molar-refractivity contribution is -0.124. The minimum atomic E-state index is -0.0753. The maximum atomic E-state index is 12.3. The van der Waals surface area contributed by atoms with E-state index in [9.17, 15) is 4.79 Å². The Morgan fingerprint density at radius 1 is 1.12 bits per heavy atom. The van der Waals surface area contributed by atoms with Crippen molar-refractivity contribution >= 4 is 12.0 Å². The molecule has 1 heterocycles. The lowest BCUT2D eigenvalue weighted by Crippen LogP contribution is -2.41. The first-order chi connectivity index (χ1) is 12.8. The summed E-state index contributed by atoms with van der Waals surface area (Å²) < 4.78 is 0. The molecule has 26 heavy (non-hydrogen) atoms. The Bertz CT molecular complexity index is 715. The van der Waals surface area contributed by atoms with E-state index in [2.05, 4.69) is 64.1 Å². The van der Waals surface area contributed by atoms with Crippen LogP contribution in [0.1, 0.15) is 17.5 Å². The second-order valence-electron chi connectivity index (χ2n) is 6.70. The van der Waals surface area contributed by atoms with Crippen molar-refractivity contribution in [2.24, 2.45) is 0 Å². The lowest BCUT2D eigenvalue weighted by Gasteiger charge is -2.21. The van der Waals surface area contributed by atoms with Gasteiger partial charge >= 0.3 is 0 Å². The van der Waals surface area contributed by atoms with Crippen LogP contribution >= 0.6 is 0 Å². The summed E-state index contributed by atoms with van der Waals surface area (Å²) in [6, 6.07) is 20.9. The number of benzene rings is 2. The van der Waals surface area contributed by atoms with Crippen LogP contribution in [0.2, 0.25) is 0 Å². The minimum absolute atomic E-state index is 0.0753. The van der Waals surface area contributed by atoms with E-state index in [0.29, 0.717) is 6.04 Å². The number of amides is 1. The highest BCUT2D eigenvalue weighted by Crippen LogP contribution is 2.19. The Labute approximate surface area is 155 Å². The molecule has 2 N–H and O–H groups in total. The Kier molecular flexibility index (Phi) is 6.58. The van der Waals surface area contributed by atoms with Gasteiger partial charge in [0, 0.05) is 32.7 Å². The molecule has 0 radical (unpaired) electrons. The number of carbonyl (C=O) groups is 1. The Hall–Kier alpha value is -2.43. The molecule has 2 aromatic carbocycles. The SMILES string of the molecule is CNC(=O)[C@@H]1C[C@H](NCc2ccccc2)CN1CC=Cc1ccccc1. The molecule has 0 spiro atoms. The predicted molar refractivity (Wildman–Crippen MR) is 107 cm³/mol. The van der Waals surface area contributed by atoms with Gasteiger partial charge in [0.25, 0.3) is 0 Å². The third-order valence-corrected chi connectivity index (χ3v) is 4.84. The third kappa shape index (κ3) is 5.04. The molecule has 1 amide bonds. The molecule has 1 saturated heterocycles. The number of likely N-dealkylation sites (tertiary alicyclic amines) is 1. The molecule has 1 fully saturated rings. The van der Waals surface area contributed by atoms with Crippen molar-refractivity contribution in [3.05, 3.63) is 77.9 Å². The van der Waals surface area contributed by atoms with Crippen molar-refractivity contribution in [2.45, 2.75) is 25.0 Å². The lowest BCUT2D eigenvalue weighted by atomic mass is 10.1. The van der Waals surface area contributed by atoms with Gasteiger partial charge in [-0.2, -0.15) is 0 Å². The van der Waals surface area contributed by atoms with Gasteiger partial charge in [0.1, 0.15) is 0 Å². The molecule has 2 aromatic rings. The molecule has 0 aromatic heterocycles. The van der Waals surface area contributed by atoms with E-state index in [4.69, 9.17) is 0 Å². The van der Waals surface area contributed by atoms with Gasteiger partial charge in [-0.15, -0.1) is 0 Å². The van der Waals surface area contributed by atoms with Crippen LogP contribution in [0.3, 0.4) is 0 Å². The van der Waals surface area contributed by atoms with Crippen LogP contribution in [0.4, 0.5) is 0 Å². The number of nitrogens with zero attached hydrogens (tertiary/aromatic N) is 1. The average Bonchev–Trinajstić information content (AvgIpc) is 3.10. The molecule has 136 valence electrons. The van der Waals surface area contributed by atoms with Crippen LogP contribution in [-0.2, 0) is 11.3 Å². The number of likely N-dealkylation sites (N-methyl/N-ethyl adjacent to an activating group) is 1. The van der Waals surface area contributed by atoms with Crippen molar-refractivity contribution < 1.29 is 4.79 Å². The summed E-state index contributed by atoms with van der Waals surface area (Å²) in [6.45, 7) is 2.49. The van der Waals surface area contributed by atoms with Gasteiger partial charge in [-0.3, -0.25) is 9.69 Å². The van der Waals surface area contributed by atoms with Gasteiger partial charge in [0.2, 0.25) is 5.91 Å². The molecule has 0 bridgehead atoms. The maximum absolute atomic E-state index is 12.3. The van der Waals surface area contributed by atoms with Crippen LogP contribution in [0.25, 0.3) is 6.08 Å². The molecule has 3 rings (SSSR count). The van der Waals surface area contributed by atoms with E-state index >= 15 is 0 Å². The summed E-state index contributed by atoms with van der Waals surface area (Å²) in [7, 11) is 1.71. The van der Waals surface area contributed by atoms with Crippen molar-refractivity contribution in [1.29, 1.82) is 0 Å². The number of carbonyl (C=O) groups excluding carboxylic acids is 1. The minimum Gasteiger partial charge on any atom is -0.358 e. The zero-order chi connectivity index (χ0) is 18.2. The normalized spacial score (nSPS) is 20.5. The van der Waals surface area contributed by atoms with Crippen LogP contribution < -0.4 is 10.6 Å². The van der Waals surface area contributed by atoms with Crippen molar-refractivity contribution in [2.75, 3.05) is 20.1 Å². The quantitative estimate of drug-likeness (QED) is 0.808. The first kappa shape index (κ1) is 18.4. The predicted octanol–water partition coefficient (Wildman–Crippen LogP) is 2.68. The number of hydrogen-bond acceptors (Lipinski definition) is 3. The fourth-order valence-corrected chi connectivity index (χ4v) is 3.44. The standard InChI is InChI=1S/C22H27N3O/c1-23-22(26)21-15-20(24-16-19-11-6-3-7-12-19)17-25(21)14-8-13-18-9-4-2-5-10-18/h2-13,20-21,24H,14-17H2,1H3,(H,23,26)/t20-,21-/m0/s1. The fraction of sp³-hybridized carbons (Fsp3) is 0.318. The molecule has 1 aliphatic heterocycles. The van der Waals surface area contributed by atoms with Crippen LogP contribution in [-0.4, -0.2) is 43.0 Å². The number of nitrogens with one attached hydrogen (secondary N) is 2. The first-order valence-electron chi connectivity index (χ1n) is 9.21. The van der Waals surface area contributed by atoms with Crippen molar-refractivity contribution in [1.82, 2.24) is 15.5 Å². The fourth-order valence-electron chi connectivity index (χ4n) is 3.44. The summed E-state index contributed by atoms with van der Waals surface area (Å²) in [4.78, 5) is 14.5. The van der Waals surface area contributed by atoms with Gasteiger partial charge in [0.15, 0.2) is 0 Å². The molecule has 0 aliphatic carbocycles. The van der Waals surface area contributed by atoms with E-state index in [0.717, 1.165) is 26.1 Å². The second kappa shape index (κ2) is 9.32. The highest BCUT2D eigenvalue weighted by molar-refractivity contribution is 5.82. The summed E-state index contributed by atoms with van der Waals surface area (Å²) in [6.07, 6.45) is 5.10. The number of rotatable bonds is 7. The maximum Gasteiger partial charge on any atom is 0.237 e. The smallest absolute Gasteiger partial charge is 0.237 e. The molecule has 0 saturated carbocycles. The largest absolute Gasteiger partial charge is 0.358 e. The van der Waals surface area contributed by atoms with Crippen LogP contribution in [0.5, 0.6) is 0 Å². The molecular weight excluding hydrogens is 322 g/mol. The first-order valence-corrected chi connectivity index (χ1v) is 9.21. The van der Waals surface area contributed by atoms with E-state index < -0.39 is 0 Å². The molecule has 4 heteroatoms. The Morgan fingerprint density at radius 2 is 1.81 bits per heavy atom. The second-order valence-corrected chi connectivity index (χ2v) is 6.70. The summed E-state index contributed by atoms with van der Waals surface area (Å²) >= 11 is 0. The van der Waals surface area contributed by atoms with Gasteiger partial charge in [-0.25, -0.2) is 0 Å². The Morgan fingerprint density at radius 3 is 2.50 bits per heavy atom. The third-order valence-electron chi connectivity index (χ3n) is 4.84. The van der Waals surface area contributed by atoms with Crippen molar-refractivity contribution in [3.8, 4) is 0 Å². The molecule has 4 nitrogen and oxygen atoms in total. The van der Waals surface area contributed by atoms with Gasteiger partial charge in [-0.1, -0.05) is 72.8 Å². The molecule has 2 atom stereocenters. The van der Waals surface area contributed by atoms with E-state index in [-0.39, 0.29) is 11.9 Å². The molecule has 1 aliphatic rings. The summed E-state index contributed by atoms with van der Waals surface area (Å²) in [5.74, 6) is 0.0992. The van der Waals surface area contributed by atoms with Gasteiger partial charge in [-0.05, 0) is 17.5 Å². The summed E-state index contributed by atoms with van der Waals surface area (Å²) in [5.41, 5.74) is 2.45. The average molecular weight is 349 g/mol. The van der Waals surface area contributed by atoms with Crippen LogP contribution in [0.15, 0.2) is 66.7 Å².